The fourth-order valence-electron chi connectivity index (χ4n) is 3.25. The Kier molecular flexibility index (Phi) is 7.50. The van der Waals surface area contributed by atoms with Crippen molar-refractivity contribution in [3.8, 4) is 11.5 Å². The minimum Gasteiger partial charge on any atom is -0.497 e. The number of anilines is 2. The molecule has 0 heterocycles. The number of ether oxygens (including phenoxy) is 2. The highest BCUT2D eigenvalue weighted by Gasteiger charge is 2.17. The average Bonchev–Trinajstić information content (AvgIpc) is 2.82. The van der Waals surface area contributed by atoms with Gasteiger partial charge in [0.05, 0.1) is 25.3 Å². The molecular formula is C25H26FN3O4. The van der Waals surface area contributed by atoms with Crippen LogP contribution in [-0.4, -0.2) is 40.1 Å². The van der Waals surface area contributed by atoms with Crippen molar-refractivity contribution in [1.82, 2.24) is 5.32 Å². The molecule has 0 unspecified atom stereocenters. The molecule has 0 saturated heterocycles. The van der Waals surface area contributed by atoms with Gasteiger partial charge in [0.25, 0.3) is 11.8 Å². The van der Waals surface area contributed by atoms with Gasteiger partial charge in [0.2, 0.25) is 0 Å². The van der Waals surface area contributed by atoms with Crippen LogP contribution >= 0.6 is 0 Å². The zero-order valence-corrected chi connectivity index (χ0v) is 18.9. The van der Waals surface area contributed by atoms with E-state index in [0.29, 0.717) is 34.0 Å². The lowest BCUT2D eigenvalue weighted by molar-refractivity contribution is 0.0950. The van der Waals surface area contributed by atoms with Crippen LogP contribution in [0, 0.1) is 5.82 Å². The summed E-state index contributed by atoms with van der Waals surface area (Å²) in [6, 6.07) is 15.9. The molecule has 2 N–H and O–H groups in total. The number of carbonyl (C=O) groups excluding carboxylic acids is 2. The first-order chi connectivity index (χ1) is 15.8. The highest BCUT2D eigenvalue weighted by Crippen LogP contribution is 2.27. The van der Waals surface area contributed by atoms with Gasteiger partial charge in [0.15, 0.2) is 0 Å². The Bertz CT molecular complexity index is 1150. The Morgan fingerprint density at radius 1 is 0.879 bits per heavy atom. The summed E-state index contributed by atoms with van der Waals surface area (Å²) in [7, 11) is 6.66. The number of benzene rings is 3. The maximum Gasteiger partial charge on any atom is 0.259 e. The quantitative estimate of drug-likeness (QED) is 0.539. The third kappa shape index (κ3) is 5.79. The summed E-state index contributed by atoms with van der Waals surface area (Å²) in [5.74, 6) is -0.101. The number of hydrogen-bond donors (Lipinski definition) is 2. The number of rotatable bonds is 8. The molecule has 3 aromatic carbocycles. The number of hydrogen-bond acceptors (Lipinski definition) is 5. The van der Waals surface area contributed by atoms with Crippen LogP contribution < -0.4 is 25.0 Å². The van der Waals surface area contributed by atoms with Gasteiger partial charge in [0, 0.05) is 38.1 Å². The standard InChI is InChI=1S/C25H26FN3O4/c1-29(2)22-12-9-18(28-25(31)20-11-10-19(32-3)14-23(20)33-4)13-21(22)24(30)27-15-16-5-7-17(26)8-6-16/h5-14H,15H2,1-4H3,(H,27,30)(H,28,31). The van der Waals surface area contributed by atoms with Crippen LogP contribution in [0.15, 0.2) is 60.7 Å². The molecule has 0 fully saturated rings. The molecule has 0 radical (unpaired) electrons. The van der Waals surface area contributed by atoms with Crippen molar-refractivity contribution in [2.24, 2.45) is 0 Å². The Morgan fingerprint density at radius 2 is 1.61 bits per heavy atom. The maximum absolute atomic E-state index is 13.1. The molecule has 0 saturated carbocycles. The molecule has 0 aliphatic carbocycles. The van der Waals surface area contributed by atoms with E-state index in [0.717, 1.165) is 5.56 Å². The van der Waals surface area contributed by atoms with E-state index in [1.807, 2.05) is 19.0 Å². The van der Waals surface area contributed by atoms with E-state index in [4.69, 9.17) is 9.47 Å². The summed E-state index contributed by atoms with van der Waals surface area (Å²) in [6.45, 7) is 0.242. The molecule has 7 nitrogen and oxygen atoms in total. The molecule has 0 bridgehead atoms. The Balaban J connectivity index is 1.81. The van der Waals surface area contributed by atoms with Crippen molar-refractivity contribution in [2.75, 3.05) is 38.5 Å². The second-order valence-electron chi connectivity index (χ2n) is 7.46. The van der Waals surface area contributed by atoms with E-state index < -0.39 is 0 Å². The van der Waals surface area contributed by atoms with Gasteiger partial charge in [-0.05, 0) is 48.0 Å². The number of amides is 2. The summed E-state index contributed by atoms with van der Waals surface area (Å²) < 4.78 is 23.6. The molecule has 3 rings (SSSR count). The second kappa shape index (κ2) is 10.5. The van der Waals surface area contributed by atoms with Crippen molar-refractivity contribution in [3.05, 3.63) is 83.2 Å². The van der Waals surface area contributed by atoms with E-state index >= 15 is 0 Å². The van der Waals surface area contributed by atoms with Gasteiger partial charge in [-0.25, -0.2) is 4.39 Å². The number of nitrogens with one attached hydrogen (secondary N) is 2. The van der Waals surface area contributed by atoms with Crippen molar-refractivity contribution in [1.29, 1.82) is 0 Å². The fourth-order valence-corrected chi connectivity index (χ4v) is 3.25. The molecule has 3 aromatic rings. The third-order valence-electron chi connectivity index (χ3n) is 5.00. The van der Waals surface area contributed by atoms with E-state index in [2.05, 4.69) is 10.6 Å². The normalized spacial score (nSPS) is 10.3. The molecule has 8 heteroatoms. The SMILES string of the molecule is COc1ccc(C(=O)Nc2ccc(N(C)C)c(C(=O)NCc3ccc(F)cc3)c2)c(OC)c1. The third-order valence-corrected chi connectivity index (χ3v) is 5.00. The van der Waals surface area contributed by atoms with E-state index in [1.54, 1.807) is 48.5 Å². The maximum atomic E-state index is 13.1. The van der Waals surface area contributed by atoms with Crippen molar-refractivity contribution >= 4 is 23.2 Å². The minimum absolute atomic E-state index is 0.242. The highest BCUT2D eigenvalue weighted by atomic mass is 19.1. The first-order valence-corrected chi connectivity index (χ1v) is 10.2. The van der Waals surface area contributed by atoms with Crippen LogP contribution in [0.1, 0.15) is 26.3 Å². The van der Waals surface area contributed by atoms with Crippen LogP contribution in [0.3, 0.4) is 0 Å². The molecule has 0 aromatic heterocycles. The van der Waals surface area contributed by atoms with Crippen LogP contribution in [0.2, 0.25) is 0 Å². The first-order valence-electron chi connectivity index (χ1n) is 10.2. The molecule has 0 atom stereocenters. The monoisotopic (exact) mass is 451 g/mol. The summed E-state index contributed by atoms with van der Waals surface area (Å²) in [5.41, 5.74) is 2.63. The van der Waals surface area contributed by atoms with Crippen molar-refractivity contribution in [2.45, 2.75) is 6.54 Å². The Morgan fingerprint density at radius 3 is 2.24 bits per heavy atom. The summed E-state index contributed by atoms with van der Waals surface area (Å²) in [6.07, 6.45) is 0. The number of halogens is 1. The van der Waals surface area contributed by atoms with E-state index in [1.165, 1.54) is 26.4 Å². The number of carbonyl (C=O) groups is 2. The lowest BCUT2D eigenvalue weighted by atomic mass is 10.1. The second-order valence-corrected chi connectivity index (χ2v) is 7.46. The fraction of sp³-hybridized carbons (Fsp3) is 0.200. The molecular weight excluding hydrogens is 425 g/mol. The predicted molar refractivity (Wildman–Crippen MR) is 126 cm³/mol. The zero-order valence-electron chi connectivity index (χ0n) is 18.9. The predicted octanol–water partition coefficient (Wildman–Crippen LogP) is 4.09. The van der Waals surface area contributed by atoms with Gasteiger partial charge >= 0.3 is 0 Å². The molecule has 2 amide bonds. The topological polar surface area (TPSA) is 79.9 Å². The van der Waals surface area contributed by atoms with Crippen molar-refractivity contribution < 1.29 is 23.5 Å². The summed E-state index contributed by atoms with van der Waals surface area (Å²) in [4.78, 5) is 27.6. The van der Waals surface area contributed by atoms with Gasteiger partial charge in [-0.1, -0.05) is 12.1 Å². The lowest BCUT2D eigenvalue weighted by Gasteiger charge is -2.19. The Labute approximate surface area is 192 Å². The van der Waals surface area contributed by atoms with Gasteiger partial charge in [0.1, 0.15) is 17.3 Å². The summed E-state index contributed by atoms with van der Waals surface area (Å²) in [5, 5.41) is 5.65. The highest BCUT2D eigenvalue weighted by molar-refractivity contribution is 6.07. The number of methoxy groups -OCH3 is 2. The van der Waals surface area contributed by atoms with Crippen molar-refractivity contribution in [3.63, 3.8) is 0 Å². The van der Waals surface area contributed by atoms with Crippen LogP contribution in [-0.2, 0) is 6.54 Å². The lowest BCUT2D eigenvalue weighted by Crippen LogP contribution is -2.25. The molecule has 33 heavy (non-hydrogen) atoms. The van der Waals surface area contributed by atoms with E-state index in [-0.39, 0.29) is 24.2 Å². The summed E-state index contributed by atoms with van der Waals surface area (Å²) >= 11 is 0. The van der Waals surface area contributed by atoms with Gasteiger partial charge < -0.3 is 25.0 Å². The van der Waals surface area contributed by atoms with Crippen LogP contribution in [0.5, 0.6) is 11.5 Å². The number of nitrogens with zero attached hydrogens (tertiary/aromatic N) is 1. The molecule has 0 aliphatic rings. The first kappa shape index (κ1) is 23.6. The molecule has 0 aliphatic heterocycles. The average molecular weight is 451 g/mol. The molecule has 0 spiro atoms. The van der Waals surface area contributed by atoms with E-state index in [9.17, 15) is 14.0 Å². The Hall–Kier alpha value is -4.07. The zero-order chi connectivity index (χ0) is 24.0. The van der Waals surface area contributed by atoms with Crippen LogP contribution in [0.25, 0.3) is 0 Å². The van der Waals surface area contributed by atoms with Gasteiger partial charge in [-0.15, -0.1) is 0 Å². The largest absolute Gasteiger partial charge is 0.497 e. The van der Waals surface area contributed by atoms with Gasteiger partial charge in [-0.2, -0.15) is 0 Å². The molecule has 172 valence electrons. The van der Waals surface area contributed by atoms with Gasteiger partial charge in [-0.3, -0.25) is 9.59 Å². The minimum atomic E-state index is -0.384. The smallest absolute Gasteiger partial charge is 0.259 e. The van der Waals surface area contributed by atoms with Crippen LogP contribution in [0.4, 0.5) is 15.8 Å².